The molecule has 0 bridgehead atoms. The number of hydrogen-bond acceptors (Lipinski definition) is 3. The van der Waals surface area contributed by atoms with E-state index in [1.54, 1.807) is 0 Å². The number of amides is 2. The van der Waals surface area contributed by atoms with Gasteiger partial charge in [0, 0.05) is 51.6 Å². The highest BCUT2D eigenvalue weighted by molar-refractivity contribution is 5.80. The summed E-state index contributed by atoms with van der Waals surface area (Å²) in [6, 6.07) is 10.4. The number of rotatable bonds is 8. The van der Waals surface area contributed by atoms with E-state index in [2.05, 4.69) is 34.5 Å². The van der Waals surface area contributed by atoms with Crippen molar-refractivity contribution in [3.63, 3.8) is 0 Å². The standard InChI is InChI=1S/C20H31N3O2/c1-3-18(4-2)20(25)21-11-10-19(24)23-14-12-22(13-15-23)16-17-8-6-5-7-9-17/h5-9,18H,3-4,10-16H2,1-2H3,(H,21,25). The third-order valence-electron chi connectivity index (χ3n) is 4.97. The van der Waals surface area contributed by atoms with E-state index in [-0.39, 0.29) is 17.7 Å². The topological polar surface area (TPSA) is 52.7 Å². The second-order valence-corrected chi connectivity index (χ2v) is 6.70. The van der Waals surface area contributed by atoms with Crippen LogP contribution in [0.2, 0.25) is 0 Å². The Labute approximate surface area is 151 Å². The molecule has 0 aromatic heterocycles. The summed E-state index contributed by atoms with van der Waals surface area (Å²) in [5.74, 6) is 0.284. The SMILES string of the molecule is CCC(CC)C(=O)NCCC(=O)N1CCN(Cc2ccccc2)CC1. The van der Waals surface area contributed by atoms with Crippen LogP contribution in [0.3, 0.4) is 0 Å². The molecule has 1 aromatic carbocycles. The molecule has 0 spiro atoms. The molecule has 5 nitrogen and oxygen atoms in total. The first-order valence-electron chi connectivity index (χ1n) is 9.45. The van der Waals surface area contributed by atoms with Crippen LogP contribution < -0.4 is 5.32 Å². The maximum absolute atomic E-state index is 12.3. The van der Waals surface area contributed by atoms with Crippen LogP contribution in [0, 0.1) is 5.92 Å². The number of carbonyl (C=O) groups is 2. The molecule has 1 aliphatic heterocycles. The molecule has 1 aromatic rings. The molecule has 0 atom stereocenters. The lowest BCUT2D eigenvalue weighted by Crippen LogP contribution is -2.48. The normalized spacial score (nSPS) is 15.4. The van der Waals surface area contributed by atoms with Gasteiger partial charge in [0.25, 0.3) is 0 Å². The lowest BCUT2D eigenvalue weighted by Gasteiger charge is -2.34. The van der Waals surface area contributed by atoms with Gasteiger partial charge in [0.2, 0.25) is 11.8 Å². The summed E-state index contributed by atoms with van der Waals surface area (Å²) in [5, 5.41) is 2.90. The van der Waals surface area contributed by atoms with E-state index in [0.29, 0.717) is 13.0 Å². The first-order valence-corrected chi connectivity index (χ1v) is 9.45. The molecule has 1 saturated heterocycles. The average molecular weight is 345 g/mol. The van der Waals surface area contributed by atoms with Gasteiger partial charge in [-0.15, -0.1) is 0 Å². The van der Waals surface area contributed by atoms with Gasteiger partial charge in [-0.3, -0.25) is 14.5 Å². The quantitative estimate of drug-likeness (QED) is 0.786. The molecule has 25 heavy (non-hydrogen) atoms. The maximum atomic E-state index is 12.3. The Hall–Kier alpha value is -1.88. The number of carbonyl (C=O) groups excluding carboxylic acids is 2. The average Bonchev–Trinajstić information content (AvgIpc) is 2.64. The molecule has 1 heterocycles. The highest BCUT2D eigenvalue weighted by atomic mass is 16.2. The van der Waals surface area contributed by atoms with Gasteiger partial charge in [0.1, 0.15) is 0 Å². The molecular formula is C20H31N3O2. The fraction of sp³-hybridized carbons (Fsp3) is 0.600. The number of hydrogen-bond donors (Lipinski definition) is 1. The van der Waals surface area contributed by atoms with Gasteiger partial charge in [-0.2, -0.15) is 0 Å². The maximum Gasteiger partial charge on any atom is 0.224 e. The minimum absolute atomic E-state index is 0.0663. The van der Waals surface area contributed by atoms with Gasteiger partial charge in [-0.05, 0) is 18.4 Å². The molecule has 0 aliphatic carbocycles. The van der Waals surface area contributed by atoms with Crippen molar-refractivity contribution in [2.24, 2.45) is 5.92 Å². The van der Waals surface area contributed by atoms with Crippen molar-refractivity contribution in [1.82, 2.24) is 15.1 Å². The number of benzene rings is 1. The van der Waals surface area contributed by atoms with E-state index in [9.17, 15) is 9.59 Å². The molecule has 1 N–H and O–H groups in total. The zero-order valence-corrected chi connectivity index (χ0v) is 15.5. The largest absolute Gasteiger partial charge is 0.355 e. The van der Waals surface area contributed by atoms with Crippen LogP contribution in [0.5, 0.6) is 0 Å². The molecule has 1 aliphatic rings. The van der Waals surface area contributed by atoms with Gasteiger partial charge in [-0.1, -0.05) is 44.2 Å². The summed E-state index contributed by atoms with van der Waals surface area (Å²) in [5.41, 5.74) is 1.31. The smallest absolute Gasteiger partial charge is 0.224 e. The zero-order valence-electron chi connectivity index (χ0n) is 15.5. The van der Waals surface area contributed by atoms with Gasteiger partial charge >= 0.3 is 0 Å². The Kier molecular flexibility index (Phi) is 7.92. The van der Waals surface area contributed by atoms with E-state index in [4.69, 9.17) is 0 Å². The van der Waals surface area contributed by atoms with Crippen molar-refractivity contribution < 1.29 is 9.59 Å². The number of piperazine rings is 1. The summed E-state index contributed by atoms with van der Waals surface area (Å²) >= 11 is 0. The fourth-order valence-corrected chi connectivity index (χ4v) is 3.25. The first-order chi connectivity index (χ1) is 12.1. The predicted molar refractivity (Wildman–Crippen MR) is 100.0 cm³/mol. The Bertz CT molecular complexity index is 535. The molecule has 0 saturated carbocycles. The van der Waals surface area contributed by atoms with Gasteiger partial charge in [-0.25, -0.2) is 0 Å². The molecular weight excluding hydrogens is 314 g/mol. The Morgan fingerprint density at radius 3 is 2.28 bits per heavy atom. The van der Waals surface area contributed by atoms with Crippen LogP contribution >= 0.6 is 0 Å². The molecule has 0 unspecified atom stereocenters. The van der Waals surface area contributed by atoms with E-state index in [0.717, 1.165) is 45.6 Å². The van der Waals surface area contributed by atoms with Crippen LogP contribution in [0.4, 0.5) is 0 Å². The summed E-state index contributed by atoms with van der Waals surface area (Å²) in [4.78, 5) is 28.6. The molecule has 138 valence electrons. The van der Waals surface area contributed by atoms with E-state index >= 15 is 0 Å². The third-order valence-corrected chi connectivity index (χ3v) is 4.97. The van der Waals surface area contributed by atoms with Crippen molar-refractivity contribution in [3.8, 4) is 0 Å². The first kappa shape index (κ1) is 19.4. The minimum Gasteiger partial charge on any atom is -0.355 e. The molecule has 5 heteroatoms. The van der Waals surface area contributed by atoms with E-state index < -0.39 is 0 Å². The Morgan fingerprint density at radius 1 is 1.04 bits per heavy atom. The van der Waals surface area contributed by atoms with Crippen LogP contribution in [-0.4, -0.2) is 54.3 Å². The summed E-state index contributed by atoms with van der Waals surface area (Å²) in [7, 11) is 0. The van der Waals surface area contributed by atoms with Crippen molar-refractivity contribution in [2.75, 3.05) is 32.7 Å². The molecule has 2 rings (SSSR count). The van der Waals surface area contributed by atoms with Crippen LogP contribution in [0.1, 0.15) is 38.7 Å². The Balaban J connectivity index is 1.66. The lowest BCUT2D eigenvalue weighted by atomic mass is 10.0. The van der Waals surface area contributed by atoms with Crippen LogP contribution in [0.25, 0.3) is 0 Å². The lowest BCUT2D eigenvalue weighted by molar-refractivity contribution is -0.133. The van der Waals surface area contributed by atoms with E-state index in [1.807, 2.05) is 24.8 Å². The van der Waals surface area contributed by atoms with Crippen molar-refractivity contribution >= 4 is 11.8 Å². The molecule has 2 amide bonds. The zero-order chi connectivity index (χ0) is 18.1. The summed E-state index contributed by atoms with van der Waals surface area (Å²) in [6.45, 7) is 8.77. The minimum atomic E-state index is 0.0663. The monoisotopic (exact) mass is 345 g/mol. The number of nitrogens with zero attached hydrogens (tertiary/aromatic N) is 2. The van der Waals surface area contributed by atoms with Gasteiger partial charge in [0.05, 0.1) is 0 Å². The van der Waals surface area contributed by atoms with Gasteiger partial charge < -0.3 is 10.2 Å². The van der Waals surface area contributed by atoms with Crippen molar-refractivity contribution in [3.05, 3.63) is 35.9 Å². The summed E-state index contributed by atoms with van der Waals surface area (Å²) in [6.07, 6.45) is 2.09. The third kappa shape index (κ3) is 6.16. The molecule has 0 radical (unpaired) electrons. The van der Waals surface area contributed by atoms with Crippen molar-refractivity contribution in [2.45, 2.75) is 39.7 Å². The fourth-order valence-electron chi connectivity index (χ4n) is 3.25. The van der Waals surface area contributed by atoms with E-state index in [1.165, 1.54) is 5.56 Å². The highest BCUT2D eigenvalue weighted by Gasteiger charge is 2.21. The highest BCUT2D eigenvalue weighted by Crippen LogP contribution is 2.10. The summed E-state index contributed by atoms with van der Waals surface area (Å²) < 4.78 is 0. The van der Waals surface area contributed by atoms with Crippen molar-refractivity contribution in [1.29, 1.82) is 0 Å². The predicted octanol–water partition coefficient (Wildman–Crippen LogP) is 2.27. The Morgan fingerprint density at radius 2 is 1.68 bits per heavy atom. The second kappa shape index (κ2) is 10.2. The molecule has 1 fully saturated rings. The van der Waals surface area contributed by atoms with Crippen LogP contribution in [0.15, 0.2) is 30.3 Å². The van der Waals surface area contributed by atoms with Crippen LogP contribution in [-0.2, 0) is 16.1 Å². The van der Waals surface area contributed by atoms with Gasteiger partial charge in [0.15, 0.2) is 0 Å². The number of nitrogens with one attached hydrogen (secondary N) is 1. The second-order valence-electron chi connectivity index (χ2n) is 6.70.